The van der Waals surface area contributed by atoms with E-state index in [9.17, 15) is 0 Å². The second kappa shape index (κ2) is 12.6. The number of guanidine groups is 1. The van der Waals surface area contributed by atoms with E-state index < -0.39 is 0 Å². The molecule has 0 saturated heterocycles. The SMILES string of the molecule is CCCOc1cccc(CCNC(N)=NCCC(C)C)c1.I. The van der Waals surface area contributed by atoms with Crippen LogP contribution in [0.3, 0.4) is 0 Å². The van der Waals surface area contributed by atoms with Gasteiger partial charge in [0.15, 0.2) is 5.96 Å². The van der Waals surface area contributed by atoms with Gasteiger partial charge in [-0.25, -0.2) is 0 Å². The van der Waals surface area contributed by atoms with E-state index >= 15 is 0 Å². The summed E-state index contributed by atoms with van der Waals surface area (Å²) < 4.78 is 5.63. The van der Waals surface area contributed by atoms with Crippen LogP contribution < -0.4 is 15.8 Å². The van der Waals surface area contributed by atoms with Gasteiger partial charge < -0.3 is 15.8 Å². The van der Waals surface area contributed by atoms with E-state index in [4.69, 9.17) is 10.5 Å². The van der Waals surface area contributed by atoms with Crippen LogP contribution in [0.5, 0.6) is 5.75 Å². The highest BCUT2D eigenvalue weighted by Gasteiger charge is 1.98. The summed E-state index contributed by atoms with van der Waals surface area (Å²) in [6.07, 6.45) is 3.00. The number of nitrogens with one attached hydrogen (secondary N) is 1. The Hall–Kier alpha value is -0.980. The van der Waals surface area contributed by atoms with Gasteiger partial charge in [0.05, 0.1) is 6.61 Å². The Morgan fingerprint density at radius 2 is 2.14 bits per heavy atom. The second-order valence-electron chi connectivity index (χ2n) is 5.62. The van der Waals surface area contributed by atoms with Crippen molar-refractivity contribution in [2.45, 2.75) is 40.0 Å². The maximum absolute atomic E-state index is 5.83. The number of hydrogen-bond donors (Lipinski definition) is 2. The van der Waals surface area contributed by atoms with E-state index in [1.165, 1.54) is 5.56 Å². The summed E-state index contributed by atoms with van der Waals surface area (Å²) in [6, 6.07) is 8.21. The van der Waals surface area contributed by atoms with E-state index in [1.807, 2.05) is 12.1 Å². The molecule has 0 fully saturated rings. The van der Waals surface area contributed by atoms with Crippen LogP contribution in [0, 0.1) is 5.92 Å². The molecule has 1 aromatic carbocycles. The standard InChI is InChI=1S/C17H29N3O.HI/c1-4-12-21-16-7-5-6-15(13-16)9-11-20-17(18)19-10-8-14(2)3;/h5-7,13-14H,4,8-12H2,1-3H3,(H3,18,19,20);1H. The Morgan fingerprint density at radius 3 is 2.82 bits per heavy atom. The molecule has 4 nitrogen and oxygen atoms in total. The molecule has 0 heterocycles. The molecule has 0 amide bonds. The van der Waals surface area contributed by atoms with Gasteiger partial charge in [0.1, 0.15) is 5.75 Å². The fourth-order valence-corrected chi connectivity index (χ4v) is 1.84. The van der Waals surface area contributed by atoms with Crippen molar-refractivity contribution in [3.05, 3.63) is 29.8 Å². The summed E-state index contributed by atoms with van der Waals surface area (Å²) >= 11 is 0. The van der Waals surface area contributed by atoms with Crippen LogP contribution in [-0.2, 0) is 6.42 Å². The Morgan fingerprint density at radius 1 is 1.36 bits per heavy atom. The van der Waals surface area contributed by atoms with Gasteiger partial charge in [-0.15, -0.1) is 24.0 Å². The van der Waals surface area contributed by atoms with Crippen molar-refractivity contribution in [3.8, 4) is 5.75 Å². The highest BCUT2D eigenvalue weighted by Crippen LogP contribution is 2.13. The van der Waals surface area contributed by atoms with Crippen molar-refractivity contribution in [3.63, 3.8) is 0 Å². The van der Waals surface area contributed by atoms with Crippen LogP contribution in [-0.4, -0.2) is 25.7 Å². The van der Waals surface area contributed by atoms with Gasteiger partial charge in [0.25, 0.3) is 0 Å². The summed E-state index contributed by atoms with van der Waals surface area (Å²) in [7, 11) is 0. The highest BCUT2D eigenvalue weighted by molar-refractivity contribution is 14.0. The number of rotatable bonds is 9. The average molecular weight is 419 g/mol. The van der Waals surface area contributed by atoms with Crippen molar-refractivity contribution in [1.29, 1.82) is 0 Å². The molecule has 126 valence electrons. The molecular weight excluding hydrogens is 389 g/mol. The third-order valence-corrected chi connectivity index (χ3v) is 3.08. The maximum Gasteiger partial charge on any atom is 0.188 e. The summed E-state index contributed by atoms with van der Waals surface area (Å²) in [4.78, 5) is 4.31. The smallest absolute Gasteiger partial charge is 0.188 e. The minimum Gasteiger partial charge on any atom is -0.494 e. The molecule has 0 aromatic heterocycles. The number of hydrogen-bond acceptors (Lipinski definition) is 2. The number of ether oxygens (including phenoxy) is 1. The number of nitrogens with zero attached hydrogens (tertiary/aromatic N) is 1. The minimum atomic E-state index is 0. The largest absolute Gasteiger partial charge is 0.494 e. The molecular formula is C17H30IN3O. The zero-order chi connectivity index (χ0) is 15.5. The first kappa shape index (κ1) is 21.0. The Balaban J connectivity index is 0.00000441. The van der Waals surface area contributed by atoms with Crippen molar-refractivity contribution < 1.29 is 4.74 Å². The van der Waals surface area contributed by atoms with Gasteiger partial charge in [-0.2, -0.15) is 0 Å². The van der Waals surface area contributed by atoms with E-state index in [1.54, 1.807) is 0 Å². The second-order valence-corrected chi connectivity index (χ2v) is 5.62. The summed E-state index contributed by atoms with van der Waals surface area (Å²) in [5.41, 5.74) is 7.08. The summed E-state index contributed by atoms with van der Waals surface area (Å²) in [6.45, 7) is 8.82. The average Bonchev–Trinajstić information content (AvgIpc) is 2.45. The molecule has 22 heavy (non-hydrogen) atoms. The van der Waals surface area contributed by atoms with Crippen molar-refractivity contribution in [1.82, 2.24) is 5.32 Å². The molecule has 1 aromatic rings. The number of halogens is 1. The molecule has 0 aliphatic carbocycles. The normalized spacial score (nSPS) is 11.2. The van der Waals surface area contributed by atoms with E-state index in [-0.39, 0.29) is 24.0 Å². The van der Waals surface area contributed by atoms with Crippen LogP contribution in [0.1, 0.15) is 39.2 Å². The van der Waals surface area contributed by atoms with Gasteiger partial charge >= 0.3 is 0 Å². The molecule has 0 aliphatic heterocycles. The maximum atomic E-state index is 5.83. The van der Waals surface area contributed by atoms with Gasteiger partial charge in [-0.3, -0.25) is 4.99 Å². The van der Waals surface area contributed by atoms with Crippen LogP contribution in [0.25, 0.3) is 0 Å². The predicted molar refractivity (Wildman–Crippen MR) is 105 cm³/mol. The predicted octanol–water partition coefficient (Wildman–Crippen LogP) is 3.59. The molecule has 0 spiro atoms. The van der Waals surface area contributed by atoms with Crippen LogP contribution >= 0.6 is 24.0 Å². The van der Waals surface area contributed by atoms with E-state index in [0.29, 0.717) is 11.9 Å². The number of aliphatic imine (C=N–C) groups is 1. The van der Waals surface area contributed by atoms with Crippen molar-refractivity contribution in [2.24, 2.45) is 16.6 Å². The molecule has 0 saturated carbocycles. The topological polar surface area (TPSA) is 59.6 Å². The monoisotopic (exact) mass is 419 g/mol. The zero-order valence-electron chi connectivity index (χ0n) is 14.0. The molecule has 0 atom stereocenters. The fourth-order valence-electron chi connectivity index (χ4n) is 1.84. The van der Waals surface area contributed by atoms with E-state index in [0.717, 1.165) is 44.7 Å². The summed E-state index contributed by atoms with van der Waals surface area (Å²) in [5.74, 6) is 2.13. The first-order chi connectivity index (χ1) is 10.1. The number of benzene rings is 1. The lowest BCUT2D eigenvalue weighted by molar-refractivity contribution is 0.317. The Kier molecular flexibility index (Phi) is 12.0. The molecule has 3 N–H and O–H groups in total. The van der Waals surface area contributed by atoms with Gasteiger partial charge in [0, 0.05) is 13.1 Å². The first-order valence-corrected chi connectivity index (χ1v) is 7.87. The van der Waals surface area contributed by atoms with Gasteiger partial charge in [0.2, 0.25) is 0 Å². The quantitative estimate of drug-likeness (QED) is 0.366. The molecule has 0 bridgehead atoms. The molecule has 5 heteroatoms. The molecule has 1 rings (SSSR count). The third-order valence-electron chi connectivity index (χ3n) is 3.08. The van der Waals surface area contributed by atoms with Crippen LogP contribution in [0.15, 0.2) is 29.3 Å². The van der Waals surface area contributed by atoms with Gasteiger partial charge in [-0.05, 0) is 42.9 Å². The zero-order valence-corrected chi connectivity index (χ0v) is 16.3. The fraction of sp³-hybridized carbons (Fsp3) is 0.588. The van der Waals surface area contributed by atoms with Crippen LogP contribution in [0.4, 0.5) is 0 Å². The van der Waals surface area contributed by atoms with E-state index in [2.05, 4.69) is 43.2 Å². The molecule has 0 unspecified atom stereocenters. The van der Waals surface area contributed by atoms with Crippen molar-refractivity contribution in [2.75, 3.05) is 19.7 Å². The van der Waals surface area contributed by atoms with Gasteiger partial charge in [-0.1, -0.05) is 32.9 Å². The minimum absolute atomic E-state index is 0. The Bertz CT molecular complexity index is 436. The lowest BCUT2D eigenvalue weighted by Crippen LogP contribution is -2.33. The molecule has 0 aliphatic rings. The molecule has 0 radical (unpaired) electrons. The lowest BCUT2D eigenvalue weighted by atomic mass is 10.1. The number of nitrogens with two attached hydrogens (primary N) is 1. The Labute approximate surface area is 151 Å². The van der Waals surface area contributed by atoms with Crippen LogP contribution in [0.2, 0.25) is 0 Å². The van der Waals surface area contributed by atoms with Crippen molar-refractivity contribution >= 4 is 29.9 Å². The highest BCUT2D eigenvalue weighted by atomic mass is 127. The lowest BCUT2D eigenvalue weighted by Gasteiger charge is -2.08. The summed E-state index contributed by atoms with van der Waals surface area (Å²) in [5, 5.41) is 3.15. The first-order valence-electron chi connectivity index (χ1n) is 7.87. The third kappa shape index (κ3) is 9.87.